The highest BCUT2D eigenvalue weighted by molar-refractivity contribution is 9.10. The number of rotatable bonds is 4. The van der Waals surface area contributed by atoms with E-state index >= 15 is 0 Å². The van der Waals surface area contributed by atoms with Gasteiger partial charge in [0.05, 0.1) is 11.9 Å². The molecular weight excluding hydrogens is 593 g/mol. The number of carbonyl (C=O) groups excluding carboxylic acids is 1. The van der Waals surface area contributed by atoms with E-state index in [1.807, 2.05) is 22.9 Å². The molecule has 1 aromatic carbocycles. The minimum Gasteiger partial charge on any atom is -0.354 e. The van der Waals surface area contributed by atoms with E-state index in [2.05, 4.69) is 50.0 Å². The van der Waals surface area contributed by atoms with Crippen LogP contribution in [0, 0.1) is 5.92 Å². The van der Waals surface area contributed by atoms with E-state index in [1.165, 1.54) is 10.8 Å². The summed E-state index contributed by atoms with van der Waals surface area (Å²) in [5, 5.41) is 2.43. The Morgan fingerprint density at radius 3 is 2.29 bits per heavy atom. The maximum absolute atomic E-state index is 12.7. The molecular formula is C24H35BrCl3N5OS. The summed E-state index contributed by atoms with van der Waals surface area (Å²) in [5.74, 6) is 3.46. The zero-order chi connectivity index (χ0) is 22.1. The molecule has 2 aliphatic heterocycles. The molecule has 6 nitrogen and oxygen atoms in total. The Morgan fingerprint density at radius 2 is 1.66 bits per heavy atom. The highest BCUT2D eigenvalue weighted by atomic mass is 79.9. The zero-order valence-electron chi connectivity index (χ0n) is 19.7. The number of pyridine rings is 1. The molecule has 0 spiro atoms. The van der Waals surface area contributed by atoms with Gasteiger partial charge in [-0.2, -0.15) is 0 Å². The Morgan fingerprint density at radius 1 is 1.00 bits per heavy atom. The van der Waals surface area contributed by atoms with Crippen LogP contribution in [-0.2, 0) is 4.79 Å². The van der Waals surface area contributed by atoms with Crippen molar-refractivity contribution < 1.29 is 4.79 Å². The van der Waals surface area contributed by atoms with Gasteiger partial charge in [-0.1, -0.05) is 24.3 Å². The Bertz CT molecular complexity index is 967. The van der Waals surface area contributed by atoms with Gasteiger partial charge in [-0.05, 0) is 47.5 Å². The molecule has 0 radical (unpaired) electrons. The summed E-state index contributed by atoms with van der Waals surface area (Å²) in [4.78, 5) is 24.5. The molecule has 1 atom stereocenters. The van der Waals surface area contributed by atoms with Gasteiger partial charge in [0.15, 0.2) is 0 Å². The predicted molar refractivity (Wildman–Crippen MR) is 158 cm³/mol. The Hall–Kier alpha value is -0.480. The van der Waals surface area contributed by atoms with Crippen LogP contribution in [-0.4, -0.2) is 77.1 Å². The van der Waals surface area contributed by atoms with Crippen LogP contribution in [0.3, 0.4) is 0 Å². The van der Waals surface area contributed by atoms with Gasteiger partial charge in [-0.3, -0.25) is 9.69 Å². The number of anilines is 1. The van der Waals surface area contributed by atoms with Crippen molar-refractivity contribution in [3.63, 3.8) is 0 Å². The number of hydrogen-bond donors (Lipinski definition) is 1. The minimum atomic E-state index is -0.316. The lowest BCUT2D eigenvalue weighted by Crippen LogP contribution is -2.53. The fourth-order valence-corrected chi connectivity index (χ4v) is 6.92. The topological polar surface area (TPSA) is 65.7 Å². The highest BCUT2D eigenvalue weighted by Crippen LogP contribution is 2.33. The first-order valence-corrected chi connectivity index (χ1v) is 13.7. The molecule has 3 aliphatic rings. The van der Waals surface area contributed by atoms with Gasteiger partial charge in [-0.25, -0.2) is 4.98 Å². The van der Waals surface area contributed by atoms with Crippen LogP contribution < -0.4 is 10.6 Å². The average molecular weight is 628 g/mol. The van der Waals surface area contributed by atoms with Crippen molar-refractivity contribution in [1.82, 2.24) is 14.8 Å². The van der Waals surface area contributed by atoms with Gasteiger partial charge in [-0.15, -0.1) is 49.0 Å². The summed E-state index contributed by atoms with van der Waals surface area (Å²) in [6.45, 7) is 5.00. The third kappa shape index (κ3) is 6.70. The smallest absolute Gasteiger partial charge is 0.240 e. The molecule has 11 heteroatoms. The van der Waals surface area contributed by atoms with Gasteiger partial charge >= 0.3 is 0 Å². The lowest BCUT2D eigenvalue weighted by molar-refractivity contribution is -0.132. The first kappa shape index (κ1) is 30.7. The standard InChI is InChI=1S/C24H32BrN5OS.3ClH/c25-21-15-27-23(20-4-2-1-3-19(20)21)29-11-9-28(10-12-29)18-7-5-17(6-8-18)22(26)24(31)30-13-14-32-16-30;;;/h1-4,15,17-18,22H,5-14,16,26H2;3*1H/t17?,18?,22-;;;/m0.../s1. The number of piperazine rings is 1. The number of halogens is 4. The van der Waals surface area contributed by atoms with Crippen molar-refractivity contribution in [3.8, 4) is 0 Å². The number of hydrogen-bond acceptors (Lipinski definition) is 6. The quantitative estimate of drug-likeness (QED) is 0.526. The predicted octanol–water partition coefficient (Wildman–Crippen LogP) is 4.80. The molecule has 2 aromatic rings. The number of aromatic nitrogens is 1. The number of nitrogens with two attached hydrogens (primary N) is 1. The number of thioether (sulfide) groups is 1. The van der Waals surface area contributed by atoms with Crippen LogP contribution in [0.25, 0.3) is 10.8 Å². The van der Waals surface area contributed by atoms with Crippen molar-refractivity contribution >= 4 is 87.4 Å². The monoisotopic (exact) mass is 625 g/mol. The largest absolute Gasteiger partial charge is 0.354 e. The van der Waals surface area contributed by atoms with E-state index in [1.54, 1.807) is 0 Å². The summed E-state index contributed by atoms with van der Waals surface area (Å²) in [6, 6.07) is 8.79. The van der Waals surface area contributed by atoms with Crippen molar-refractivity contribution in [2.45, 2.75) is 37.8 Å². The van der Waals surface area contributed by atoms with Crippen LogP contribution >= 0.6 is 64.9 Å². The van der Waals surface area contributed by atoms with E-state index < -0.39 is 0 Å². The van der Waals surface area contributed by atoms with Crippen LogP contribution in [0.4, 0.5) is 5.82 Å². The minimum absolute atomic E-state index is 0. The van der Waals surface area contributed by atoms with Gasteiger partial charge in [0.1, 0.15) is 5.82 Å². The molecule has 2 N–H and O–H groups in total. The maximum atomic E-state index is 12.7. The molecule has 1 saturated carbocycles. The summed E-state index contributed by atoms with van der Waals surface area (Å²) in [7, 11) is 0. The number of amides is 1. The number of nitrogens with zero attached hydrogens (tertiary/aromatic N) is 4. The molecule has 1 aliphatic carbocycles. The van der Waals surface area contributed by atoms with Gasteiger partial charge in [0.2, 0.25) is 5.91 Å². The lowest BCUT2D eigenvalue weighted by Gasteiger charge is -2.43. The molecule has 1 amide bonds. The number of benzene rings is 1. The molecule has 0 bridgehead atoms. The molecule has 3 fully saturated rings. The summed E-state index contributed by atoms with van der Waals surface area (Å²) in [5.41, 5.74) is 6.40. The second kappa shape index (κ2) is 13.9. The van der Waals surface area contributed by atoms with Crippen molar-refractivity contribution in [2.75, 3.05) is 49.3 Å². The third-order valence-corrected chi connectivity index (χ3v) is 9.05. The number of carbonyl (C=O) groups is 1. The molecule has 196 valence electrons. The van der Waals surface area contributed by atoms with Crippen molar-refractivity contribution in [2.24, 2.45) is 11.7 Å². The fraction of sp³-hybridized carbons (Fsp3) is 0.583. The van der Waals surface area contributed by atoms with Crippen LogP contribution in [0.15, 0.2) is 34.9 Å². The summed E-state index contributed by atoms with van der Waals surface area (Å²) in [6.07, 6.45) is 6.37. The van der Waals surface area contributed by atoms with Gasteiger partial charge < -0.3 is 15.5 Å². The first-order chi connectivity index (χ1) is 15.6. The fourth-order valence-electron chi connectivity index (χ4n) is 5.52. The zero-order valence-corrected chi connectivity index (χ0v) is 24.5. The third-order valence-electron chi connectivity index (χ3n) is 7.45. The van der Waals surface area contributed by atoms with E-state index in [9.17, 15) is 4.79 Å². The molecule has 3 heterocycles. The number of fused-ring (bicyclic) bond motifs is 1. The molecule has 1 aromatic heterocycles. The lowest BCUT2D eigenvalue weighted by atomic mass is 9.80. The van der Waals surface area contributed by atoms with E-state index in [0.29, 0.717) is 12.0 Å². The molecule has 0 unspecified atom stereocenters. The second-order valence-electron chi connectivity index (χ2n) is 9.23. The molecule has 5 rings (SSSR count). The van der Waals surface area contributed by atoms with E-state index in [4.69, 9.17) is 10.7 Å². The van der Waals surface area contributed by atoms with Crippen LogP contribution in [0.5, 0.6) is 0 Å². The Labute approximate surface area is 239 Å². The average Bonchev–Trinajstić information content (AvgIpc) is 3.39. The van der Waals surface area contributed by atoms with Gasteiger partial charge in [0.25, 0.3) is 0 Å². The second-order valence-corrected chi connectivity index (χ2v) is 11.2. The van der Waals surface area contributed by atoms with Gasteiger partial charge in [0, 0.05) is 66.0 Å². The SMILES string of the molecule is Cl.Cl.Cl.N[C@H](C(=O)N1CCSC1)C1CCC(N2CCN(c3ncc(Br)c4ccccc34)CC2)CC1. The molecule has 2 saturated heterocycles. The van der Waals surface area contributed by atoms with E-state index in [0.717, 1.165) is 80.3 Å². The first-order valence-electron chi connectivity index (χ1n) is 11.8. The highest BCUT2D eigenvalue weighted by Gasteiger charge is 2.35. The normalized spacial score (nSPS) is 23.7. The Kier molecular flexibility index (Phi) is 12.2. The van der Waals surface area contributed by atoms with Crippen LogP contribution in [0.1, 0.15) is 25.7 Å². The van der Waals surface area contributed by atoms with Crippen molar-refractivity contribution in [1.29, 1.82) is 0 Å². The van der Waals surface area contributed by atoms with E-state index in [-0.39, 0.29) is 49.2 Å². The summed E-state index contributed by atoms with van der Waals surface area (Å²) >= 11 is 5.46. The Balaban J connectivity index is 0.00000144. The van der Waals surface area contributed by atoms with Crippen LogP contribution in [0.2, 0.25) is 0 Å². The molecule has 35 heavy (non-hydrogen) atoms. The van der Waals surface area contributed by atoms with Crippen molar-refractivity contribution in [3.05, 3.63) is 34.9 Å². The summed E-state index contributed by atoms with van der Waals surface area (Å²) < 4.78 is 1.05. The maximum Gasteiger partial charge on any atom is 0.240 e.